The molecule has 0 saturated heterocycles. The first-order valence-corrected chi connectivity index (χ1v) is 10.8. The van der Waals surface area contributed by atoms with E-state index in [1.54, 1.807) is 12.1 Å². The Morgan fingerprint density at radius 3 is 2.50 bits per heavy atom. The number of rotatable bonds is 8. The van der Waals surface area contributed by atoms with Crippen LogP contribution in [0.4, 0.5) is 0 Å². The quantitative estimate of drug-likeness (QED) is 0.461. The van der Waals surface area contributed by atoms with Crippen LogP contribution in [-0.4, -0.2) is 27.1 Å². The number of halogens is 1. The van der Waals surface area contributed by atoms with Gasteiger partial charge < -0.3 is 9.64 Å². The first-order valence-electron chi connectivity index (χ1n) is 10.4. The van der Waals surface area contributed by atoms with Gasteiger partial charge in [0, 0.05) is 18.0 Å². The molecule has 0 N–H and O–H groups in total. The third-order valence-corrected chi connectivity index (χ3v) is 5.60. The largest absolute Gasteiger partial charge is 0.439 e. The zero-order chi connectivity index (χ0) is 21.1. The summed E-state index contributed by atoms with van der Waals surface area (Å²) in [5.74, 6) is 2.08. The van der Waals surface area contributed by atoms with E-state index in [-0.39, 0.29) is 5.91 Å². The van der Waals surface area contributed by atoms with Crippen LogP contribution in [-0.2, 0) is 11.3 Å². The molecule has 6 heteroatoms. The Labute approximate surface area is 182 Å². The summed E-state index contributed by atoms with van der Waals surface area (Å²) in [5.41, 5.74) is 2.69. The summed E-state index contributed by atoms with van der Waals surface area (Å²) >= 11 is 6.03. The van der Waals surface area contributed by atoms with Crippen LogP contribution in [0.3, 0.4) is 0 Å². The molecule has 1 aliphatic carbocycles. The molecule has 0 spiro atoms. The standard InChI is InChI=1S/C24H26ClN3O2/c1-3-23(29)27(15-18-9-10-18)16-22-17(2)26-28(20-7-5-4-6-8-20)24(22)30-21-13-11-19(25)12-14-21/h4-8,11-14,18H,3,9-10,15-16H2,1-2H3. The minimum atomic E-state index is 0.159. The van der Waals surface area contributed by atoms with Crippen LogP contribution >= 0.6 is 11.6 Å². The van der Waals surface area contributed by atoms with Gasteiger partial charge in [0.1, 0.15) is 5.75 Å². The number of ether oxygens (including phenoxy) is 1. The van der Waals surface area contributed by atoms with Crippen LogP contribution in [0.1, 0.15) is 37.4 Å². The molecule has 5 nitrogen and oxygen atoms in total. The van der Waals surface area contributed by atoms with E-state index >= 15 is 0 Å². The van der Waals surface area contributed by atoms with E-state index in [0.29, 0.717) is 35.5 Å². The lowest BCUT2D eigenvalue weighted by atomic mass is 10.2. The molecule has 1 aromatic heterocycles. The molecule has 30 heavy (non-hydrogen) atoms. The van der Waals surface area contributed by atoms with E-state index < -0.39 is 0 Å². The van der Waals surface area contributed by atoms with Crippen molar-refractivity contribution in [2.24, 2.45) is 5.92 Å². The van der Waals surface area contributed by atoms with Gasteiger partial charge in [0.15, 0.2) is 0 Å². The highest BCUT2D eigenvalue weighted by Gasteiger charge is 2.29. The fourth-order valence-corrected chi connectivity index (χ4v) is 3.59. The molecule has 4 rings (SSSR count). The molecular formula is C24H26ClN3O2. The molecule has 2 aromatic carbocycles. The number of para-hydroxylation sites is 1. The number of carbonyl (C=O) groups excluding carboxylic acids is 1. The number of nitrogens with zero attached hydrogens (tertiary/aromatic N) is 3. The van der Waals surface area contributed by atoms with Crippen molar-refractivity contribution in [3.8, 4) is 17.3 Å². The van der Waals surface area contributed by atoms with Crippen LogP contribution in [0, 0.1) is 12.8 Å². The normalized spacial score (nSPS) is 13.3. The molecule has 0 radical (unpaired) electrons. The van der Waals surface area contributed by atoms with Crippen molar-refractivity contribution < 1.29 is 9.53 Å². The van der Waals surface area contributed by atoms with Crippen molar-refractivity contribution in [3.05, 3.63) is 70.9 Å². The van der Waals surface area contributed by atoms with Crippen molar-refractivity contribution in [2.75, 3.05) is 6.54 Å². The van der Waals surface area contributed by atoms with Crippen LogP contribution in [0.25, 0.3) is 5.69 Å². The van der Waals surface area contributed by atoms with Gasteiger partial charge in [-0.25, -0.2) is 4.68 Å². The summed E-state index contributed by atoms with van der Waals surface area (Å²) in [6.07, 6.45) is 2.89. The topological polar surface area (TPSA) is 47.4 Å². The number of hydrogen-bond acceptors (Lipinski definition) is 3. The Balaban J connectivity index is 1.73. The van der Waals surface area contributed by atoms with Crippen molar-refractivity contribution in [1.82, 2.24) is 14.7 Å². The number of hydrogen-bond donors (Lipinski definition) is 0. The third-order valence-electron chi connectivity index (χ3n) is 5.35. The van der Waals surface area contributed by atoms with Crippen molar-refractivity contribution in [2.45, 2.75) is 39.7 Å². The van der Waals surface area contributed by atoms with Crippen LogP contribution in [0.15, 0.2) is 54.6 Å². The number of aryl methyl sites for hydroxylation is 1. The summed E-state index contributed by atoms with van der Waals surface area (Å²) in [4.78, 5) is 14.6. The second-order valence-electron chi connectivity index (χ2n) is 7.74. The predicted octanol–water partition coefficient (Wildman–Crippen LogP) is 5.78. The third kappa shape index (κ3) is 4.68. The Bertz CT molecular complexity index is 1010. The van der Waals surface area contributed by atoms with Crippen molar-refractivity contribution in [1.29, 1.82) is 0 Å². The van der Waals surface area contributed by atoms with E-state index in [4.69, 9.17) is 21.4 Å². The Kier molecular flexibility index (Phi) is 6.09. The minimum Gasteiger partial charge on any atom is -0.439 e. The van der Waals surface area contributed by atoms with Gasteiger partial charge in [-0.15, -0.1) is 0 Å². The predicted molar refractivity (Wildman–Crippen MR) is 118 cm³/mol. The van der Waals surface area contributed by atoms with Crippen LogP contribution in [0.2, 0.25) is 5.02 Å². The van der Waals surface area contributed by atoms with Gasteiger partial charge in [-0.1, -0.05) is 36.7 Å². The average molecular weight is 424 g/mol. The smallest absolute Gasteiger partial charge is 0.227 e. The summed E-state index contributed by atoms with van der Waals surface area (Å²) in [6.45, 7) is 5.16. The van der Waals surface area contributed by atoms with Crippen molar-refractivity contribution in [3.63, 3.8) is 0 Å². The van der Waals surface area contributed by atoms with Crippen molar-refractivity contribution >= 4 is 17.5 Å². The monoisotopic (exact) mass is 423 g/mol. The lowest BCUT2D eigenvalue weighted by Crippen LogP contribution is -2.32. The second kappa shape index (κ2) is 8.92. The molecule has 3 aromatic rings. The molecule has 0 unspecified atom stereocenters. The highest BCUT2D eigenvalue weighted by molar-refractivity contribution is 6.30. The van der Waals surface area contributed by atoms with Gasteiger partial charge in [-0.05, 0) is 62.1 Å². The maximum absolute atomic E-state index is 12.6. The number of benzene rings is 2. The summed E-state index contributed by atoms with van der Waals surface area (Å²) in [6, 6.07) is 17.2. The van der Waals surface area contributed by atoms with Gasteiger partial charge in [0.05, 0.1) is 23.5 Å². The van der Waals surface area contributed by atoms with E-state index in [0.717, 1.165) is 23.5 Å². The summed E-state index contributed by atoms with van der Waals surface area (Å²) < 4.78 is 8.12. The summed E-state index contributed by atoms with van der Waals surface area (Å²) in [5, 5.41) is 5.41. The maximum Gasteiger partial charge on any atom is 0.227 e. The second-order valence-corrected chi connectivity index (χ2v) is 8.18. The zero-order valence-corrected chi connectivity index (χ0v) is 18.1. The first kappa shape index (κ1) is 20.5. The molecule has 156 valence electrons. The molecular weight excluding hydrogens is 398 g/mol. The fourth-order valence-electron chi connectivity index (χ4n) is 3.46. The van der Waals surface area contributed by atoms with Gasteiger partial charge in [0.25, 0.3) is 0 Å². The lowest BCUT2D eigenvalue weighted by Gasteiger charge is -2.23. The molecule has 1 fully saturated rings. The average Bonchev–Trinajstić information content (AvgIpc) is 3.54. The van der Waals surface area contributed by atoms with E-state index in [9.17, 15) is 4.79 Å². The first-order chi connectivity index (χ1) is 14.5. The molecule has 0 bridgehead atoms. The Hall–Kier alpha value is -2.79. The molecule has 1 amide bonds. The molecule has 0 atom stereocenters. The SMILES string of the molecule is CCC(=O)N(Cc1c(C)nn(-c2ccccc2)c1Oc1ccc(Cl)cc1)CC1CC1. The van der Waals surface area contributed by atoms with Gasteiger partial charge in [-0.2, -0.15) is 5.10 Å². The van der Waals surface area contributed by atoms with Gasteiger partial charge >= 0.3 is 0 Å². The number of aromatic nitrogens is 2. The number of carbonyl (C=O) groups is 1. The fraction of sp³-hybridized carbons (Fsp3) is 0.333. The molecule has 1 saturated carbocycles. The minimum absolute atomic E-state index is 0.159. The highest BCUT2D eigenvalue weighted by atomic mass is 35.5. The Morgan fingerprint density at radius 2 is 1.87 bits per heavy atom. The lowest BCUT2D eigenvalue weighted by molar-refractivity contribution is -0.131. The molecule has 1 heterocycles. The van der Waals surface area contributed by atoms with Crippen LogP contribution in [0.5, 0.6) is 11.6 Å². The van der Waals surface area contributed by atoms with E-state index in [2.05, 4.69) is 0 Å². The van der Waals surface area contributed by atoms with Gasteiger partial charge in [0.2, 0.25) is 11.8 Å². The van der Waals surface area contributed by atoms with E-state index in [1.165, 1.54) is 12.8 Å². The molecule has 0 aliphatic heterocycles. The van der Waals surface area contributed by atoms with Crippen LogP contribution < -0.4 is 4.74 Å². The summed E-state index contributed by atoms with van der Waals surface area (Å²) in [7, 11) is 0. The molecule has 1 aliphatic rings. The van der Waals surface area contributed by atoms with Gasteiger partial charge in [-0.3, -0.25) is 4.79 Å². The van der Waals surface area contributed by atoms with E-state index in [1.807, 2.05) is 65.9 Å². The maximum atomic E-state index is 12.6. The highest BCUT2D eigenvalue weighted by Crippen LogP contribution is 2.34. The number of amides is 1. The zero-order valence-electron chi connectivity index (χ0n) is 17.3. The Morgan fingerprint density at radius 1 is 1.17 bits per heavy atom.